The highest BCUT2D eigenvalue weighted by Crippen LogP contribution is 2.27. The van der Waals surface area contributed by atoms with Gasteiger partial charge in [0.15, 0.2) is 5.82 Å². The number of aromatic nitrogens is 1. The first-order valence-electron chi connectivity index (χ1n) is 3.98. The number of aliphatic hydroxyl groups excluding tert-OH is 1. The van der Waals surface area contributed by atoms with Crippen LogP contribution in [-0.4, -0.2) is 16.5 Å². The van der Waals surface area contributed by atoms with Crippen LogP contribution in [0.25, 0.3) is 0 Å². The van der Waals surface area contributed by atoms with Gasteiger partial charge in [-0.3, -0.25) is 0 Å². The molecule has 0 aliphatic carbocycles. The summed E-state index contributed by atoms with van der Waals surface area (Å²) < 4.78 is 64.1. The van der Waals surface area contributed by atoms with Gasteiger partial charge in [-0.25, -0.2) is 13.8 Å². The molecular formula is C8H6F5NO2. The molecule has 0 atom stereocenters. The summed E-state index contributed by atoms with van der Waals surface area (Å²) in [5.74, 6) is -2.86. The molecule has 8 heteroatoms. The van der Waals surface area contributed by atoms with Gasteiger partial charge >= 0.3 is 6.36 Å². The highest BCUT2D eigenvalue weighted by Gasteiger charge is 2.34. The number of hydrogen-bond acceptors (Lipinski definition) is 3. The Labute approximate surface area is 86.5 Å². The molecule has 0 radical (unpaired) electrons. The lowest BCUT2D eigenvalue weighted by atomic mass is 10.1. The van der Waals surface area contributed by atoms with Crippen molar-refractivity contribution in [1.29, 1.82) is 0 Å². The second-order valence-electron chi connectivity index (χ2n) is 2.72. The Morgan fingerprint density at radius 3 is 2.44 bits per heavy atom. The van der Waals surface area contributed by atoms with E-state index in [1.165, 1.54) is 0 Å². The lowest BCUT2D eigenvalue weighted by molar-refractivity contribution is -0.277. The molecule has 1 rings (SSSR count). The lowest BCUT2D eigenvalue weighted by Crippen LogP contribution is -2.19. The monoisotopic (exact) mass is 243 g/mol. The van der Waals surface area contributed by atoms with Gasteiger partial charge in [-0.05, 0) is 0 Å². The molecule has 0 spiro atoms. The SMILES string of the molecule is OCc1c(CF)cnc(OC(F)(F)F)c1F. The maximum absolute atomic E-state index is 13.2. The van der Waals surface area contributed by atoms with Gasteiger partial charge in [0.2, 0.25) is 0 Å². The van der Waals surface area contributed by atoms with E-state index in [-0.39, 0.29) is 5.56 Å². The first kappa shape index (κ1) is 12.6. The third-order valence-electron chi connectivity index (χ3n) is 1.69. The number of alkyl halides is 4. The van der Waals surface area contributed by atoms with Crippen LogP contribution >= 0.6 is 0 Å². The van der Waals surface area contributed by atoms with Crippen LogP contribution in [0.5, 0.6) is 5.88 Å². The predicted molar refractivity (Wildman–Crippen MR) is 41.6 cm³/mol. The highest BCUT2D eigenvalue weighted by atomic mass is 19.4. The number of halogens is 5. The van der Waals surface area contributed by atoms with Crippen molar-refractivity contribution < 1.29 is 31.8 Å². The van der Waals surface area contributed by atoms with Gasteiger partial charge in [-0.15, -0.1) is 13.2 Å². The summed E-state index contributed by atoms with van der Waals surface area (Å²) in [6, 6.07) is 0. The summed E-state index contributed by atoms with van der Waals surface area (Å²) >= 11 is 0. The van der Waals surface area contributed by atoms with Crippen LogP contribution in [0.15, 0.2) is 6.20 Å². The molecule has 0 bridgehead atoms. The molecule has 0 aromatic carbocycles. The summed E-state index contributed by atoms with van der Waals surface area (Å²) in [7, 11) is 0. The van der Waals surface area contributed by atoms with Crippen molar-refractivity contribution in [2.24, 2.45) is 0 Å². The summed E-state index contributed by atoms with van der Waals surface area (Å²) in [6.07, 6.45) is -4.42. The molecule has 0 saturated carbocycles. The van der Waals surface area contributed by atoms with E-state index in [1.54, 1.807) is 0 Å². The van der Waals surface area contributed by atoms with Gasteiger partial charge in [0.1, 0.15) is 6.67 Å². The Morgan fingerprint density at radius 2 is 2.00 bits per heavy atom. The summed E-state index contributed by atoms with van der Waals surface area (Å²) in [5, 5.41) is 8.68. The van der Waals surface area contributed by atoms with Crippen molar-refractivity contribution in [3.63, 3.8) is 0 Å². The Bertz CT molecular complexity index is 379. The largest absolute Gasteiger partial charge is 0.574 e. The van der Waals surface area contributed by atoms with Crippen molar-refractivity contribution >= 4 is 0 Å². The number of pyridine rings is 1. The van der Waals surface area contributed by atoms with E-state index in [0.29, 0.717) is 6.20 Å². The topological polar surface area (TPSA) is 42.4 Å². The fourth-order valence-corrected chi connectivity index (χ4v) is 1.01. The number of hydrogen-bond donors (Lipinski definition) is 1. The smallest absolute Gasteiger partial charge is 0.392 e. The first-order chi connectivity index (χ1) is 7.39. The fourth-order valence-electron chi connectivity index (χ4n) is 1.01. The van der Waals surface area contributed by atoms with Crippen LogP contribution in [0, 0.1) is 5.82 Å². The number of rotatable bonds is 3. The van der Waals surface area contributed by atoms with Crippen molar-refractivity contribution in [1.82, 2.24) is 4.98 Å². The molecule has 0 unspecified atom stereocenters. The standard InChI is InChI=1S/C8H6F5NO2/c9-1-4-2-14-7(16-8(11,12)13)6(10)5(4)3-15/h2,15H,1,3H2. The van der Waals surface area contributed by atoms with E-state index in [1.807, 2.05) is 0 Å². The molecule has 0 saturated heterocycles. The first-order valence-corrected chi connectivity index (χ1v) is 3.98. The predicted octanol–water partition coefficient (Wildman–Crippen LogP) is 2.08. The number of ether oxygens (including phenoxy) is 1. The minimum absolute atomic E-state index is 0.325. The third kappa shape index (κ3) is 2.78. The number of aliphatic hydroxyl groups is 1. The van der Waals surface area contributed by atoms with E-state index in [9.17, 15) is 22.0 Å². The van der Waals surface area contributed by atoms with E-state index >= 15 is 0 Å². The van der Waals surface area contributed by atoms with Gasteiger partial charge in [0.05, 0.1) is 6.61 Å². The van der Waals surface area contributed by atoms with Gasteiger partial charge in [0.25, 0.3) is 5.88 Å². The third-order valence-corrected chi connectivity index (χ3v) is 1.69. The zero-order valence-corrected chi connectivity index (χ0v) is 7.68. The zero-order valence-electron chi connectivity index (χ0n) is 7.68. The molecule has 1 heterocycles. The van der Waals surface area contributed by atoms with Gasteiger partial charge < -0.3 is 9.84 Å². The quantitative estimate of drug-likeness (QED) is 0.826. The maximum atomic E-state index is 13.2. The maximum Gasteiger partial charge on any atom is 0.574 e. The van der Waals surface area contributed by atoms with E-state index < -0.39 is 36.9 Å². The molecule has 0 fully saturated rings. The molecule has 1 aromatic rings. The average molecular weight is 243 g/mol. The molecule has 1 N–H and O–H groups in total. The second kappa shape index (κ2) is 4.60. The summed E-state index contributed by atoms with van der Waals surface area (Å²) in [6.45, 7) is -2.09. The van der Waals surface area contributed by atoms with Crippen LogP contribution in [0.1, 0.15) is 11.1 Å². The molecule has 1 aromatic heterocycles. The zero-order chi connectivity index (χ0) is 12.3. The minimum Gasteiger partial charge on any atom is -0.392 e. The Morgan fingerprint density at radius 1 is 1.38 bits per heavy atom. The molecule has 90 valence electrons. The van der Waals surface area contributed by atoms with Gasteiger partial charge in [0, 0.05) is 17.3 Å². The van der Waals surface area contributed by atoms with E-state index in [4.69, 9.17) is 5.11 Å². The average Bonchev–Trinajstić information content (AvgIpc) is 2.19. The van der Waals surface area contributed by atoms with Crippen molar-refractivity contribution in [3.8, 4) is 5.88 Å². The van der Waals surface area contributed by atoms with Crippen LogP contribution in [0.3, 0.4) is 0 Å². The van der Waals surface area contributed by atoms with Crippen LogP contribution in [-0.2, 0) is 13.3 Å². The highest BCUT2D eigenvalue weighted by molar-refractivity contribution is 5.30. The molecule has 0 amide bonds. The Kier molecular flexibility index (Phi) is 3.63. The van der Waals surface area contributed by atoms with Gasteiger partial charge in [-0.2, -0.15) is 0 Å². The fraction of sp³-hybridized carbons (Fsp3) is 0.375. The van der Waals surface area contributed by atoms with Gasteiger partial charge in [-0.1, -0.05) is 0 Å². The van der Waals surface area contributed by atoms with Crippen LogP contribution in [0.2, 0.25) is 0 Å². The molecule has 0 aliphatic rings. The minimum atomic E-state index is -5.10. The Hall–Kier alpha value is -1.44. The summed E-state index contributed by atoms with van der Waals surface area (Å²) in [4.78, 5) is 2.97. The normalized spacial score (nSPS) is 11.6. The molecule has 16 heavy (non-hydrogen) atoms. The van der Waals surface area contributed by atoms with Crippen molar-refractivity contribution in [2.75, 3.05) is 0 Å². The van der Waals surface area contributed by atoms with E-state index in [0.717, 1.165) is 0 Å². The lowest BCUT2D eigenvalue weighted by Gasteiger charge is -2.11. The molecule has 3 nitrogen and oxygen atoms in total. The molecular weight excluding hydrogens is 237 g/mol. The summed E-state index contributed by atoms with van der Waals surface area (Å²) in [5.41, 5.74) is -0.925. The van der Waals surface area contributed by atoms with Crippen LogP contribution < -0.4 is 4.74 Å². The van der Waals surface area contributed by atoms with Crippen molar-refractivity contribution in [3.05, 3.63) is 23.1 Å². The molecule has 0 aliphatic heterocycles. The van der Waals surface area contributed by atoms with E-state index in [2.05, 4.69) is 9.72 Å². The second-order valence-corrected chi connectivity index (χ2v) is 2.72. The Balaban J connectivity index is 3.14. The van der Waals surface area contributed by atoms with Crippen LogP contribution in [0.4, 0.5) is 22.0 Å². The number of nitrogens with zero attached hydrogens (tertiary/aromatic N) is 1. The van der Waals surface area contributed by atoms with Crippen molar-refractivity contribution in [2.45, 2.75) is 19.6 Å².